The number of rotatable bonds is 4. The van der Waals surface area contributed by atoms with E-state index in [-0.39, 0.29) is 10.9 Å². The molecule has 1 amide bonds. The van der Waals surface area contributed by atoms with Crippen LogP contribution in [0.2, 0.25) is 0 Å². The van der Waals surface area contributed by atoms with Crippen molar-refractivity contribution in [2.75, 3.05) is 5.32 Å². The number of carbonyl (C=O) groups excluding carboxylic acids is 1. The van der Waals surface area contributed by atoms with Crippen LogP contribution in [0.4, 0.5) is 5.69 Å². The van der Waals surface area contributed by atoms with E-state index in [1.54, 1.807) is 6.92 Å². The highest BCUT2D eigenvalue weighted by atomic mass is 79.9. The summed E-state index contributed by atoms with van der Waals surface area (Å²) in [4.78, 5) is 12.0. The summed E-state index contributed by atoms with van der Waals surface area (Å²) in [5.41, 5.74) is 7.33. The zero-order valence-electron chi connectivity index (χ0n) is 9.79. The Bertz CT molecular complexity index is 448. The largest absolute Gasteiger partial charge is 0.393 e. The van der Waals surface area contributed by atoms with Crippen LogP contribution < -0.4 is 11.1 Å². The number of carbonyl (C=O) groups is 1. The van der Waals surface area contributed by atoms with Crippen LogP contribution in [0.1, 0.15) is 19.4 Å². The molecule has 0 saturated carbocycles. The molecule has 0 bridgehead atoms. The number of thiocarbonyl (C=S) groups is 1. The summed E-state index contributed by atoms with van der Waals surface area (Å²) in [5, 5.41) is 2.84. The summed E-state index contributed by atoms with van der Waals surface area (Å²) in [6.45, 7) is 3.73. The highest BCUT2D eigenvalue weighted by Gasteiger charge is 2.16. The predicted molar refractivity (Wildman–Crippen MR) is 78.1 cm³/mol. The average Bonchev–Trinajstić information content (AvgIpc) is 2.30. The molecule has 1 atom stereocenters. The van der Waals surface area contributed by atoms with Gasteiger partial charge in [0.2, 0.25) is 5.91 Å². The van der Waals surface area contributed by atoms with Gasteiger partial charge in [-0.1, -0.05) is 35.1 Å². The minimum absolute atomic E-state index is 0.172. The molecule has 0 saturated heterocycles. The van der Waals surface area contributed by atoms with Gasteiger partial charge in [-0.2, -0.15) is 0 Å². The Labute approximate surface area is 115 Å². The lowest BCUT2D eigenvalue weighted by Gasteiger charge is -2.13. The molecule has 0 heterocycles. The highest BCUT2D eigenvalue weighted by Crippen LogP contribution is 2.22. The van der Waals surface area contributed by atoms with Crippen molar-refractivity contribution in [3.8, 4) is 0 Å². The maximum atomic E-state index is 11.8. The predicted octanol–water partition coefficient (Wildman–Crippen LogP) is 2.87. The van der Waals surface area contributed by atoms with Gasteiger partial charge in [0.05, 0.1) is 10.9 Å². The summed E-state index contributed by atoms with van der Waals surface area (Å²) >= 11 is 8.20. The molecular formula is C12H15BrN2OS. The zero-order chi connectivity index (χ0) is 13.0. The first-order valence-corrected chi connectivity index (χ1v) is 6.54. The number of hydrogen-bond acceptors (Lipinski definition) is 2. The van der Waals surface area contributed by atoms with E-state index in [0.717, 1.165) is 22.1 Å². The van der Waals surface area contributed by atoms with E-state index in [0.29, 0.717) is 0 Å². The van der Waals surface area contributed by atoms with E-state index < -0.39 is 5.92 Å². The fourth-order valence-electron chi connectivity index (χ4n) is 1.35. The molecule has 0 aliphatic carbocycles. The fourth-order valence-corrected chi connectivity index (χ4v) is 1.86. The van der Waals surface area contributed by atoms with Crippen LogP contribution in [-0.4, -0.2) is 10.9 Å². The first-order valence-electron chi connectivity index (χ1n) is 5.34. The molecule has 1 aromatic carbocycles. The summed E-state index contributed by atoms with van der Waals surface area (Å²) in [5.74, 6) is -0.632. The summed E-state index contributed by atoms with van der Waals surface area (Å²) in [7, 11) is 0. The lowest BCUT2D eigenvalue weighted by atomic mass is 10.1. The second-order valence-corrected chi connectivity index (χ2v) is 5.16. The van der Waals surface area contributed by atoms with E-state index in [9.17, 15) is 4.79 Å². The van der Waals surface area contributed by atoms with E-state index in [1.807, 2.05) is 25.1 Å². The molecule has 0 radical (unpaired) electrons. The van der Waals surface area contributed by atoms with Crippen molar-refractivity contribution in [2.24, 2.45) is 11.7 Å². The molecule has 0 aliphatic rings. The van der Waals surface area contributed by atoms with Gasteiger partial charge in [0.15, 0.2) is 0 Å². The third-order valence-corrected chi connectivity index (χ3v) is 3.37. The normalized spacial score (nSPS) is 11.9. The Morgan fingerprint density at radius 1 is 1.59 bits per heavy atom. The van der Waals surface area contributed by atoms with Gasteiger partial charge in [-0.3, -0.25) is 4.79 Å². The van der Waals surface area contributed by atoms with E-state index in [4.69, 9.17) is 18.0 Å². The number of nitrogens with two attached hydrogens (primary N) is 1. The Morgan fingerprint density at radius 2 is 2.24 bits per heavy atom. The highest BCUT2D eigenvalue weighted by molar-refractivity contribution is 9.10. The van der Waals surface area contributed by atoms with E-state index in [1.165, 1.54) is 0 Å². The molecule has 0 spiro atoms. The van der Waals surface area contributed by atoms with Crippen molar-refractivity contribution in [3.63, 3.8) is 0 Å². The average molecular weight is 315 g/mol. The standard InChI is InChI=1S/C12H15BrN2OS/c1-3-8-6-9(13)4-5-10(8)15-12(16)7(2)11(14)17/h4-7H,3H2,1-2H3,(H2,14,17)(H,15,16). The smallest absolute Gasteiger partial charge is 0.234 e. The molecule has 0 aliphatic heterocycles. The number of aryl methyl sites for hydroxylation is 1. The Balaban J connectivity index is 2.88. The summed E-state index contributed by atoms with van der Waals surface area (Å²) in [6.07, 6.45) is 0.844. The molecule has 1 unspecified atom stereocenters. The maximum Gasteiger partial charge on any atom is 0.234 e. The lowest BCUT2D eigenvalue weighted by Crippen LogP contribution is -2.31. The molecule has 0 fully saturated rings. The van der Waals surface area contributed by atoms with Gasteiger partial charge in [0.1, 0.15) is 0 Å². The van der Waals surface area contributed by atoms with Gasteiger partial charge in [0, 0.05) is 10.2 Å². The van der Waals surface area contributed by atoms with Crippen LogP contribution >= 0.6 is 28.1 Å². The van der Waals surface area contributed by atoms with Crippen LogP contribution in [-0.2, 0) is 11.2 Å². The van der Waals surface area contributed by atoms with Crippen molar-refractivity contribution in [3.05, 3.63) is 28.2 Å². The molecule has 3 nitrogen and oxygen atoms in total. The van der Waals surface area contributed by atoms with Gasteiger partial charge < -0.3 is 11.1 Å². The molecule has 1 rings (SSSR count). The number of halogens is 1. The number of hydrogen-bond donors (Lipinski definition) is 2. The summed E-state index contributed by atoms with van der Waals surface area (Å²) < 4.78 is 0.995. The van der Waals surface area contributed by atoms with Crippen LogP contribution in [0.3, 0.4) is 0 Å². The van der Waals surface area contributed by atoms with Gasteiger partial charge in [-0.05, 0) is 37.1 Å². The second kappa shape index (κ2) is 6.12. The van der Waals surface area contributed by atoms with Crippen LogP contribution in [0.25, 0.3) is 0 Å². The SMILES string of the molecule is CCc1cc(Br)ccc1NC(=O)C(C)C(N)=S. The van der Waals surface area contributed by atoms with Gasteiger partial charge in [-0.15, -0.1) is 0 Å². The molecule has 5 heteroatoms. The monoisotopic (exact) mass is 314 g/mol. The van der Waals surface area contributed by atoms with Crippen LogP contribution in [0.5, 0.6) is 0 Å². The van der Waals surface area contributed by atoms with Crippen molar-refractivity contribution in [1.82, 2.24) is 0 Å². The van der Waals surface area contributed by atoms with Crippen LogP contribution in [0.15, 0.2) is 22.7 Å². The number of anilines is 1. The Morgan fingerprint density at radius 3 is 2.76 bits per heavy atom. The first-order chi connectivity index (χ1) is 7.95. The number of nitrogens with one attached hydrogen (secondary N) is 1. The van der Waals surface area contributed by atoms with Gasteiger partial charge in [-0.25, -0.2) is 0 Å². The quantitative estimate of drug-likeness (QED) is 0.840. The van der Waals surface area contributed by atoms with Gasteiger partial charge in [0.25, 0.3) is 0 Å². The molecule has 17 heavy (non-hydrogen) atoms. The third-order valence-electron chi connectivity index (χ3n) is 2.53. The van der Waals surface area contributed by atoms with Crippen molar-refractivity contribution < 1.29 is 4.79 Å². The Hall–Kier alpha value is -0.940. The second-order valence-electron chi connectivity index (χ2n) is 3.77. The van der Waals surface area contributed by atoms with Crippen molar-refractivity contribution in [1.29, 1.82) is 0 Å². The molecule has 3 N–H and O–H groups in total. The molecule has 92 valence electrons. The number of amides is 1. The van der Waals surface area contributed by atoms with E-state index in [2.05, 4.69) is 21.2 Å². The van der Waals surface area contributed by atoms with Crippen molar-refractivity contribution >= 4 is 44.7 Å². The fraction of sp³-hybridized carbons (Fsp3) is 0.333. The van der Waals surface area contributed by atoms with Gasteiger partial charge >= 0.3 is 0 Å². The van der Waals surface area contributed by atoms with Crippen molar-refractivity contribution in [2.45, 2.75) is 20.3 Å². The topological polar surface area (TPSA) is 55.1 Å². The molecular weight excluding hydrogens is 300 g/mol. The number of benzene rings is 1. The minimum Gasteiger partial charge on any atom is -0.393 e. The third kappa shape index (κ3) is 3.78. The summed E-state index contributed by atoms with van der Waals surface area (Å²) in [6, 6.07) is 5.74. The van der Waals surface area contributed by atoms with Crippen LogP contribution in [0, 0.1) is 5.92 Å². The molecule has 1 aromatic rings. The first kappa shape index (κ1) is 14.1. The molecule has 0 aromatic heterocycles. The van der Waals surface area contributed by atoms with E-state index >= 15 is 0 Å². The Kier molecular flexibility index (Phi) is 5.08. The maximum absolute atomic E-state index is 11.8. The minimum atomic E-state index is -0.460. The lowest BCUT2D eigenvalue weighted by molar-refractivity contribution is -0.117. The zero-order valence-corrected chi connectivity index (χ0v) is 12.2.